The van der Waals surface area contributed by atoms with E-state index in [0.717, 1.165) is 0 Å². The molecule has 0 saturated heterocycles. The molecule has 0 spiro atoms. The first-order chi connectivity index (χ1) is 10.3. The number of carbonyl (C=O) groups is 3. The Morgan fingerprint density at radius 1 is 0.682 bits per heavy atom. The Bertz CT molecular complexity index is 342. The van der Waals surface area contributed by atoms with E-state index in [1.807, 2.05) is 0 Å². The standard InChI is InChI=1S/3C3H4F2O2.In/c3*4-1-2(5)3(6)7;/h3*2H,1H2,(H,6,7);/q;;;+3/p-3. The number of alkyl halides is 6. The maximum absolute atomic E-state index is 12.6. The number of carbonyl (C=O) groups excluding carboxylic acids is 3. The fraction of sp³-hybridized carbons (Fsp3) is 0.667. The zero-order chi connectivity index (χ0) is 17.3. The van der Waals surface area contributed by atoms with Crippen molar-refractivity contribution < 1.29 is 49.3 Å². The maximum atomic E-state index is 12.6. The average Bonchev–Trinajstić information content (AvgIpc) is 2.51. The van der Waals surface area contributed by atoms with Crippen LogP contribution in [-0.2, 0) is 22.9 Å². The minimum atomic E-state index is -5.18. The first kappa shape index (κ1) is 20.9. The van der Waals surface area contributed by atoms with Gasteiger partial charge in [-0.25, -0.2) is 0 Å². The molecule has 22 heavy (non-hydrogen) atoms. The summed E-state index contributed by atoms with van der Waals surface area (Å²) in [5.74, 6) is -5.85. The molecule has 13 heteroatoms. The van der Waals surface area contributed by atoms with Gasteiger partial charge in [0.15, 0.2) is 0 Å². The number of halogens is 6. The quantitative estimate of drug-likeness (QED) is 0.485. The first-order valence-corrected chi connectivity index (χ1v) is 9.52. The second-order valence-electron chi connectivity index (χ2n) is 3.46. The molecule has 6 nitrogen and oxygen atoms in total. The summed E-state index contributed by atoms with van der Waals surface area (Å²) in [5, 5.41) is 0. The number of rotatable bonds is 9. The molecule has 0 aliphatic heterocycles. The van der Waals surface area contributed by atoms with E-state index in [0.29, 0.717) is 0 Å². The molecule has 3 unspecified atom stereocenters. The summed E-state index contributed by atoms with van der Waals surface area (Å²) in [5.41, 5.74) is 0. The zero-order valence-corrected chi connectivity index (χ0v) is 13.9. The SMILES string of the molecule is O=C([O][In]([O]C(=O)C(F)CF)[O]C(=O)C(F)CF)C(F)CF. The molecule has 0 heterocycles. The Balaban J connectivity index is 4.86. The van der Waals surface area contributed by atoms with Crippen molar-refractivity contribution in [2.75, 3.05) is 20.0 Å². The zero-order valence-electron chi connectivity index (χ0n) is 10.6. The summed E-state index contributed by atoms with van der Waals surface area (Å²) in [6.07, 6.45) is -8.45. The fourth-order valence-corrected chi connectivity index (χ4v) is 4.07. The van der Waals surface area contributed by atoms with E-state index in [1.165, 1.54) is 0 Å². The third kappa shape index (κ3) is 7.22. The van der Waals surface area contributed by atoms with Crippen LogP contribution in [0.4, 0.5) is 26.3 Å². The molecule has 0 aromatic rings. The van der Waals surface area contributed by atoms with Gasteiger partial charge in [0.05, 0.1) is 0 Å². The van der Waals surface area contributed by atoms with E-state index >= 15 is 0 Å². The number of hydrogen-bond acceptors (Lipinski definition) is 6. The molecule has 126 valence electrons. The van der Waals surface area contributed by atoms with Gasteiger partial charge in [0.25, 0.3) is 0 Å². The summed E-state index contributed by atoms with van der Waals surface area (Å²) >= 11 is -5.18. The molecule has 0 aliphatic rings. The third-order valence-corrected chi connectivity index (χ3v) is 5.45. The van der Waals surface area contributed by atoms with Crippen molar-refractivity contribution >= 4 is 40.7 Å². The van der Waals surface area contributed by atoms with E-state index < -0.39 is 79.2 Å². The molecule has 0 radical (unpaired) electrons. The van der Waals surface area contributed by atoms with Gasteiger partial charge in [-0.15, -0.1) is 0 Å². The predicted molar refractivity (Wildman–Crippen MR) is 56.6 cm³/mol. The van der Waals surface area contributed by atoms with Gasteiger partial charge in [0, 0.05) is 0 Å². The van der Waals surface area contributed by atoms with Crippen LogP contribution in [0.1, 0.15) is 0 Å². The molecular formula is C9H9F6InO6. The van der Waals surface area contributed by atoms with Crippen molar-refractivity contribution in [2.24, 2.45) is 0 Å². The Morgan fingerprint density at radius 2 is 0.909 bits per heavy atom. The van der Waals surface area contributed by atoms with Crippen LogP contribution in [0.2, 0.25) is 0 Å². The summed E-state index contributed by atoms with van der Waals surface area (Å²) in [4.78, 5) is 32.8. The average molecular weight is 442 g/mol. The summed E-state index contributed by atoms with van der Waals surface area (Å²) in [6.45, 7) is -5.48. The van der Waals surface area contributed by atoms with E-state index in [1.54, 1.807) is 0 Å². The van der Waals surface area contributed by atoms with E-state index in [4.69, 9.17) is 0 Å². The van der Waals surface area contributed by atoms with Crippen molar-refractivity contribution in [2.45, 2.75) is 18.5 Å². The van der Waals surface area contributed by atoms with Crippen molar-refractivity contribution in [1.82, 2.24) is 0 Å². The van der Waals surface area contributed by atoms with Gasteiger partial charge in [0.1, 0.15) is 0 Å². The molecule has 0 fully saturated rings. The van der Waals surface area contributed by atoms with Crippen LogP contribution in [-0.4, -0.2) is 79.2 Å². The van der Waals surface area contributed by atoms with E-state index in [-0.39, 0.29) is 0 Å². The van der Waals surface area contributed by atoms with Crippen LogP contribution in [0, 0.1) is 0 Å². The van der Waals surface area contributed by atoms with E-state index in [2.05, 4.69) is 8.56 Å². The van der Waals surface area contributed by atoms with Crippen molar-refractivity contribution in [3.05, 3.63) is 0 Å². The Morgan fingerprint density at radius 3 is 1.09 bits per heavy atom. The van der Waals surface area contributed by atoms with Gasteiger partial charge in [-0.05, 0) is 0 Å². The fourth-order valence-electron chi connectivity index (χ4n) is 0.767. The van der Waals surface area contributed by atoms with Crippen molar-refractivity contribution in [3.63, 3.8) is 0 Å². The van der Waals surface area contributed by atoms with Crippen LogP contribution in [0.15, 0.2) is 0 Å². The van der Waals surface area contributed by atoms with Gasteiger partial charge >= 0.3 is 128 Å². The normalized spacial score (nSPS) is 14.5. The molecule has 0 rings (SSSR count). The number of hydrogen-bond donors (Lipinski definition) is 0. The third-order valence-electron chi connectivity index (χ3n) is 1.81. The Hall–Kier alpha value is -1.14. The molecule has 0 N–H and O–H groups in total. The minimum absolute atomic E-state index is 1.83. The molecule has 0 amide bonds. The Labute approximate surface area is 129 Å². The molecule has 0 aromatic heterocycles. The van der Waals surface area contributed by atoms with Crippen LogP contribution in [0.3, 0.4) is 0 Å². The molecule has 0 aromatic carbocycles. The van der Waals surface area contributed by atoms with Crippen LogP contribution in [0.5, 0.6) is 0 Å². The molecule has 0 bridgehead atoms. The first-order valence-electron chi connectivity index (χ1n) is 5.48. The van der Waals surface area contributed by atoms with Gasteiger partial charge in [-0.2, -0.15) is 0 Å². The van der Waals surface area contributed by atoms with Gasteiger partial charge < -0.3 is 0 Å². The summed E-state index contributed by atoms with van der Waals surface area (Å²) in [7, 11) is 0. The molecule has 0 saturated carbocycles. The van der Waals surface area contributed by atoms with Gasteiger partial charge in [0.2, 0.25) is 0 Å². The second kappa shape index (κ2) is 10.6. The van der Waals surface area contributed by atoms with Crippen molar-refractivity contribution in [3.8, 4) is 0 Å². The second-order valence-corrected chi connectivity index (χ2v) is 7.13. The van der Waals surface area contributed by atoms with Crippen LogP contribution < -0.4 is 0 Å². The monoisotopic (exact) mass is 442 g/mol. The molecule has 3 atom stereocenters. The van der Waals surface area contributed by atoms with Gasteiger partial charge in [-0.1, -0.05) is 0 Å². The van der Waals surface area contributed by atoms with Gasteiger partial charge in [-0.3, -0.25) is 0 Å². The van der Waals surface area contributed by atoms with Crippen LogP contribution in [0.25, 0.3) is 0 Å². The summed E-state index contributed by atoms with van der Waals surface area (Å²) in [6, 6.07) is 0. The van der Waals surface area contributed by atoms with Crippen LogP contribution >= 0.6 is 0 Å². The predicted octanol–water partition coefficient (Wildman–Crippen LogP) is 0.524. The van der Waals surface area contributed by atoms with E-state index in [9.17, 15) is 40.7 Å². The molecular weight excluding hydrogens is 433 g/mol. The van der Waals surface area contributed by atoms with Crippen molar-refractivity contribution in [1.29, 1.82) is 0 Å². The summed E-state index contributed by atoms with van der Waals surface area (Å²) < 4.78 is 85.7. The molecule has 0 aliphatic carbocycles. The topological polar surface area (TPSA) is 78.9 Å². The Kier molecular flexibility index (Phi) is 10.0.